The Bertz CT molecular complexity index is 689. The molecule has 0 spiro atoms. The minimum atomic E-state index is 0.196. The quantitative estimate of drug-likeness (QED) is 0.917. The largest absolute Gasteiger partial charge is 0.395 e. The number of aliphatic hydroxyl groups excluding tert-OH is 1. The van der Waals surface area contributed by atoms with Gasteiger partial charge in [0, 0.05) is 32.2 Å². The molecule has 0 aromatic heterocycles. The molecule has 3 rings (SSSR count). The first-order valence-electron chi connectivity index (χ1n) is 8.81. The number of hydrogen-bond donors (Lipinski definition) is 1. The lowest BCUT2D eigenvalue weighted by Crippen LogP contribution is -2.53. The van der Waals surface area contributed by atoms with E-state index in [4.69, 9.17) is 0 Å². The SMILES string of the molecule is CCC(CO)N1CCN(C(=O)Cc2ccc3ccccc3c2)CC1. The molecule has 0 radical (unpaired) electrons. The molecule has 1 N–H and O–H groups in total. The van der Waals surface area contributed by atoms with Crippen molar-refractivity contribution in [3.05, 3.63) is 48.0 Å². The van der Waals surface area contributed by atoms with E-state index in [1.54, 1.807) is 0 Å². The van der Waals surface area contributed by atoms with Gasteiger partial charge in [0.15, 0.2) is 0 Å². The summed E-state index contributed by atoms with van der Waals surface area (Å²) in [5.74, 6) is 0.196. The summed E-state index contributed by atoms with van der Waals surface area (Å²) >= 11 is 0. The molecule has 4 nitrogen and oxygen atoms in total. The Balaban J connectivity index is 1.59. The molecule has 1 unspecified atom stereocenters. The van der Waals surface area contributed by atoms with Crippen LogP contribution >= 0.6 is 0 Å². The summed E-state index contributed by atoms with van der Waals surface area (Å²) in [6.45, 7) is 5.50. The van der Waals surface area contributed by atoms with Crippen molar-refractivity contribution in [2.24, 2.45) is 0 Å². The zero-order valence-corrected chi connectivity index (χ0v) is 14.3. The highest BCUT2D eigenvalue weighted by molar-refractivity contribution is 5.85. The molecule has 0 saturated carbocycles. The Kier molecular flexibility index (Phi) is 5.48. The lowest BCUT2D eigenvalue weighted by molar-refractivity contribution is -0.132. The Hall–Kier alpha value is -1.91. The minimum Gasteiger partial charge on any atom is -0.395 e. The van der Waals surface area contributed by atoms with Gasteiger partial charge in [0.25, 0.3) is 0 Å². The number of carbonyl (C=O) groups is 1. The van der Waals surface area contributed by atoms with Gasteiger partial charge in [-0.15, -0.1) is 0 Å². The van der Waals surface area contributed by atoms with Crippen LogP contribution in [0.2, 0.25) is 0 Å². The van der Waals surface area contributed by atoms with Crippen LogP contribution < -0.4 is 0 Å². The van der Waals surface area contributed by atoms with E-state index < -0.39 is 0 Å². The van der Waals surface area contributed by atoms with Gasteiger partial charge < -0.3 is 10.0 Å². The summed E-state index contributed by atoms with van der Waals surface area (Å²) in [7, 11) is 0. The number of fused-ring (bicyclic) bond motifs is 1. The molecule has 24 heavy (non-hydrogen) atoms. The van der Waals surface area contributed by atoms with Gasteiger partial charge in [0.2, 0.25) is 5.91 Å². The molecule has 1 atom stereocenters. The lowest BCUT2D eigenvalue weighted by Gasteiger charge is -2.38. The van der Waals surface area contributed by atoms with E-state index in [9.17, 15) is 9.90 Å². The molecule has 1 heterocycles. The van der Waals surface area contributed by atoms with Crippen LogP contribution in [0.1, 0.15) is 18.9 Å². The summed E-state index contributed by atoms with van der Waals surface area (Å²) in [5.41, 5.74) is 1.07. The molecule has 1 fully saturated rings. The fourth-order valence-corrected chi connectivity index (χ4v) is 3.47. The second kappa shape index (κ2) is 7.77. The maximum absolute atomic E-state index is 12.6. The molecular formula is C20H26N2O2. The van der Waals surface area contributed by atoms with Crippen LogP contribution in [-0.2, 0) is 11.2 Å². The Morgan fingerprint density at radius 3 is 2.46 bits per heavy atom. The first kappa shape index (κ1) is 16.9. The van der Waals surface area contributed by atoms with E-state index in [2.05, 4.69) is 42.2 Å². The molecule has 2 aromatic carbocycles. The average Bonchev–Trinajstić information content (AvgIpc) is 2.63. The summed E-state index contributed by atoms with van der Waals surface area (Å²) in [4.78, 5) is 16.8. The van der Waals surface area contributed by atoms with Crippen molar-refractivity contribution >= 4 is 16.7 Å². The van der Waals surface area contributed by atoms with E-state index in [0.717, 1.165) is 38.2 Å². The van der Waals surface area contributed by atoms with Crippen LogP contribution in [0.4, 0.5) is 0 Å². The van der Waals surface area contributed by atoms with Gasteiger partial charge in [-0.05, 0) is 22.8 Å². The monoisotopic (exact) mass is 326 g/mol. The second-order valence-electron chi connectivity index (χ2n) is 6.52. The molecule has 1 saturated heterocycles. The van der Waals surface area contributed by atoms with Crippen LogP contribution in [0.3, 0.4) is 0 Å². The maximum Gasteiger partial charge on any atom is 0.227 e. The van der Waals surface area contributed by atoms with Gasteiger partial charge in [-0.2, -0.15) is 0 Å². The number of piperazine rings is 1. The predicted molar refractivity (Wildman–Crippen MR) is 97.0 cm³/mol. The van der Waals surface area contributed by atoms with Gasteiger partial charge in [-0.1, -0.05) is 49.4 Å². The highest BCUT2D eigenvalue weighted by atomic mass is 16.3. The molecular weight excluding hydrogens is 300 g/mol. The standard InChI is InChI=1S/C20H26N2O2/c1-2-19(15-23)21-9-11-22(12-10-21)20(24)14-16-7-8-17-5-3-4-6-18(17)13-16/h3-8,13,19,23H,2,9-12,14-15H2,1H3. The summed E-state index contributed by atoms with van der Waals surface area (Å²) < 4.78 is 0. The number of rotatable bonds is 5. The average molecular weight is 326 g/mol. The molecule has 128 valence electrons. The van der Waals surface area contributed by atoms with E-state index in [0.29, 0.717) is 6.42 Å². The first-order valence-corrected chi connectivity index (χ1v) is 8.81. The van der Waals surface area contributed by atoms with Crippen molar-refractivity contribution in [3.8, 4) is 0 Å². The highest BCUT2D eigenvalue weighted by Gasteiger charge is 2.24. The highest BCUT2D eigenvalue weighted by Crippen LogP contribution is 2.17. The van der Waals surface area contributed by atoms with Crippen LogP contribution in [0.25, 0.3) is 10.8 Å². The topological polar surface area (TPSA) is 43.8 Å². The van der Waals surface area contributed by atoms with Crippen LogP contribution in [0.5, 0.6) is 0 Å². The third-order valence-electron chi connectivity index (χ3n) is 5.03. The van der Waals surface area contributed by atoms with Crippen molar-refractivity contribution in [2.45, 2.75) is 25.8 Å². The second-order valence-corrected chi connectivity index (χ2v) is 6.52. The third-order valence-corrected chi connectivity index (χ3v) is 5.03. The molecule has 4 heteroatoms. The number of nitrogens with zero attached hydrogens (tertiary/aromatic N) is 2. The van der Waals surface area contributed by atoms with Crippen LogP contribution in [0.15, 0.2) is 42.5 Å². The third kappa shape index (κ3) is 3.77. The van der Waals surface area contributed by atoms with Gasteiger partial charge in [0.05, 0.1) is 13.0 Å². The van der Waals surface area contributed by atoms with E-state index in [1.807, 2.05) is 17.0 Å². The number of benzene rings is 2. The molecule has 1 amide bonds. The minimum absolute atomic E-state index is 0.196. The fraction of sp³-hybridized carbons (Fsp3) is 0.450. The van der Waals surface area contributed by atoms with E-state index in [-0.39, 0.29) is 18.6 Å². The molecule has 0 bridgehead atoms. The number of hydrogen-bond acceptors (Lipinski definition) is 3. The van der Waals surface area contributed by atoms with Crippen LogP contribution in [-0.4, -0.2) is 59.6 Å². The van der Waals surface area contributed by atoms with Gasteiger partial charge >= 0.3 is 0 Å². The molecule has 0 aliphatic carbocycles. The smallest absolute Gasteiger partial charge is 0.227 e. The van der Waals surface area contributed by atoms with Crippen molar-refractivity contribution in [1.29, 1.82) is 0 Å². The molecule has 2 aromatic rings. The van der Waals surface area contributed by atoms with Gasteiger partial charge in [-0.3, -0.25) is 9.69 Å². The lowest BCUT2D eigenvalue weighted by atomic mass is 10.0. The summed E-state index contributed by atoms with van der Waals surface area (Å²) in [5, 5.41) is 11.8. The van der Waals surface area contributed by atoms with Crippen molar-refractivity contribution in [3.63, 3.8) is 0 Å². The Morgan fingerprint density at radius 2 is 1.79 bits per heavy atom. The van der Waals surface area contributed by atoms with E-state index in [1.165, 1.54) is 10.8 Å². The van der Waals surface area contributed by atoms with Crippen molar-refractivity contribution in [1.82, 2.24) is 9.80 Å². The summed E-state index contributed by atoms with van der Waals surface area (Å²) in [6, 6.07) is 14.7. The van der Waals surface area contributed by atoms with Gasteiger partial charge in [0.1, 0.15) is 0 Å². The maximum atomic E-state index is 12.6. The van der Waals surface area contributed by atoms with Crippen LogP contribution in [0, 0.1) is 0 Å². The number of aliphatic hydroxyl groups is 1. The Labute approximate surface area is 143 Å². The first-order chi connectivity index (χ1) is 11.7. The predicted octanol–water partition coefficient (Wildman–Crippen LogP) is 2.30. The fourth-order valence-electron chi connectivity index (χ4n) is 3.47. The van der Waals surface area contributed by atoms with Gasteiger partial charge in [-0.25, -0.2) is 0 Å². The summed E-state index contributed by atoms with van der Waals surface area (Å²) in [6.07, 6.45) is 1.41. The zero-order valence-electron chi connectivity index (χ0n) is 14.3. The van der Waals surface area contributed by atoms with Crippen molar-refractivity contribution < 1.29 is 9.90 Å². The van der Waals surface area contributed by atoms with Crippen molar-refractivity contribution in [2.75, 3.05) is 32.8 Å². The molecule has 1 aliphatic heterocycles. The number of amides is 1. The van der Waals surface area contributed by atoms with E-state index >= 15 is 0 Å². The normalized spacial score (nSPS) is 17.2. The Morgan fingerprint density at radius 1 is 1.08 bits per heavy atom. The zero-order chi connectivity index (χ0) is 16.9. The molecule has 1 aliphatic rings. The number of carbonyl (C=O) groups excluding carboxylic acids is 1.